The number of anilines is 1. The maximum Gasteiger partial charge on any atom is 0.454 e. The first-order valence-corrected chi connectivity index (χ1v) is 6.03. The topological polar surface area (TPSA) is 49.4 Å². The molecule has 1 atom stereocenters. The number of nitrogens with one attached hydrogen (secondary N) is 1. The standard InChI is InChI=1S/C13H13F3N2O2/c1-18-10(6-7-11(18)19)17-9-4-2-8(3-5-9)12(20)13(14,15)16/h2-5,10,17H,6-7H2,1H3. The summed E-state index contributed by atoms with van der Waals surface area (Å²) < 4.78 is 36.7. The highest BCUT2D eigenvalue weighted by atomic mass is 19.4. The third-order valence-corrected chi connectivity index (χ3v) is 3.23. The second kappa shape index (κ2) is 5.15. The number of Topliss-reactive ketones (excluding diaryl/α,β-unsaturated/α-hetero) is 1. The van der Waals surface area contributed by atoms with Crippen molar-refractivity contribution in [3.05, 3.63) is 29.8 Å². The van der Waals surface area contributed by atoms with Crippen molar-refractivity contribution in [1.82, 2.24) is 4.90 Å². The van der Waals surface area contributed by atoms with Crippen LogP contribution in [-0.2, 0) is 4.79 Å². The molecule has 0 aliphatic carbocycles. The van der Waals surface area contributed by atoms with E-state index >= 15 is 0 Å². The Labute approximate surface area is 113 Å². The number of amides is 1. The van der Waals surface area contributed by atoms with Gasteiger partial charge in [-0.25, -0.2) is 0 Å². The average molecular weight is 286 g/mol. The Morgan fingerprint density at radius 2 is 1.90 bits per heavy atom. The van der Waals surface area contributed by atoms with Gasteiger partial charge in [-0.15, -0.1) is 0 Å². The molecule has 1 aliphatic rings. The summed E-state index contributed by atoms with van der Waals surface area (Å²) in [6.07, 6.45) is -3.96. The smallest absolute Gasteiger partial charge is 0.365 e. The molecule has 108 valence electrons. The lowest BCUT2D eigenvalue weighted by molar-refractivity contribution is -0.127. The van der Waals surface area contributed by atoms with E-state index in [2.05, 4.69) is 5.32 Å². The van der Waals surface area contributed by atoms with Gasteiger partial charge >= 0.3 is 6.18 Å². The van der Waals surface area contributed by atoms with Crippen LogP contribution < -0.4 is 5.32 Å². The number of rotatable bonds is 3. The molecule has 0 spiro atoms. The first-order chi connectivity index (χ1) is 9.29. The SMILES string of the molecule is CN1C(=O)CCC1Nc1ccc(C(=O)C(F)(F)F)cc1. The van der Waals surface area contributed by atoms with Crippen molar-refractivity contribution in [2.75, 3.05) is 12.4 Å². The van der Waals surface area contributed by atoms with Crippen LogP contribution in [0, 0.1) is 0 Å². The van der Waals surface area contributed by atoms with Crippen molar-refractivity contribution in [3.63, 3.8) is 0 Å². The summed E-state index contributed by atoms with van der Waals surface area (Å²) in [5.41, 5.74) is 0.161. The molecule has 4 nitrogen and oxygen atoms in total. The molecule has 0 aromatic heterocycles. The van der Waals surface area contributed by atoms with Crippen LogP contribution in [0.4, 0.5) is 18.9 Å². The number of likely N-dealkylation sites (tertiary alicyclic amines) is 1. The quantitative estimate of drug-likeness (QED) is 0.868. The zero-order chi connectivity index (χ0) is 14.9. The Morgan fingerprint density at radius 1 is 1.30 bits per heavy atom. The molecule has 1 heterocycles. The van der Waals surface area contributed by atoms with Crippen LogP contribution in [0.2, 0.25) is 0 Å². The highest BCUT2D eigenvalue weighted by Gasteiger charge is 2.39. The van der Waals surface area contributed by atoms with Crippen molar-refractivity contribution in [3.8, 4) is 0 Å². The molecular formula is C13H13F3N2O2. The van der Waals surface area contributed by atoms with Gasteiger partial charge in [0.15, 0.2) is 0 Å². The van der Waals surface area contributed by atoms with Crippen molar-refractivity contribution in [1.29, 1.82) is 0 Å². The molecule has 1 aromatic carbocycles. The van der Waals surface area contributed by atoms with Gasteiger partial charge in [0.1, 0.15) is 6.17 Å². The van der Waals surface area contributed by atoms with E-state index in [0.717, 1.165) is 12.1 Å². The van der Waals surface area contributed by atoms with Gasteiger partial charge in [0.2, 0.25) is 5.91 Å². The number of hydrogen-bond donors (Lipinski definition) is 1. The van der Waals surface area contributed by atoms with Crippen LogP contribution in [0.5, 0.6) is 0 Å². The third-order valence-electron chi connectivity index (χ3n) is 3.23. The average Bonchev–Trinajstić information content (AvgIpc) is 2.70. The summed E-state index contributed by atoms with van der Waals surface area (Å²) in [7, 11) is 1.66. The van der Waals surface area contributed by atoms with Gasteiger partial charge in [0, 0.05) is 24.7 Å². The van der Waals surface area contributed by atoms with Gasteiger partial charge in [0.25, 0.3) is 5.78 Å². The summed E-state index contributed by atoms with van der Waals surface area (Å²) in [5.74, 6) is -1.84. The van der Waals surface area contributed by atoms with Crippen LogP contribution >= 0.6 is 0 Å². The fourth-order valence-corrected chi connectivity index (χ4v) is 2.05. The van der Waals surface area contributed by atoms with Crippen LogP contribution in [0.1, 0.15) is 23.2 Å². The number of ketones is 1. The highest BCUT2D eigenvalue weighted by Crippen LogP contribution is 2.24. The van der Waals surface area contributed by atoms with Crippen LogP contribution in [-0.4, -0.2) is 36.0 Å². The van der Waals surface area contributed by atoms with E-state index in [0.29, 0.717) is 18.5 Å². The van der Waals surface area contributed by atoms with Gasteiger partial charge in [-0.05, 0) is 30.7 Å². The summed E-state index contributed by atoms with van der Waals surface area (Å²) in [4.78, 5) is 23.9. The minimum Gasteiger partial charge on any atom is -0.365 e. The Balaban J connectivity index is 2.06. The summed E-state index contributed by atoms with van der Waals surface area (Å²) in [6, 6.07) is 5.04. The molecular weight excluding hydrogens is 273 g/mol. The molecule has 1 unspecified atom stereocenters. The number of benzene rings is 1. The summed E-state index contributed by atoms with van der Waals surface area (Å²) in [5, 5.41) is 3.04. The molecule has 1 amide bonds. The summed E-state index contributed by atoms with van der Waals surface area (Å²) >= 11 is 0. The molecule has 1 fully saturated rings. The number of nitrogens with zero attached hydrogens (tertiary/aromatic N) is 1. The minimum absolute atomic E-state index is 0.0198. The summed E-state index contributed by atoms with van der Waals surface area (Å²) in [6.45, 7) is 0. The maximum atomic E-state index is 12.2. The van der Waals surface area contributed by atoms with Gasteiger partial charge in [-0.3, -0.25) is 9.59 Å². The zero-order valence-corrected chi connectivity index (χ0v) is 10.7. The Morgan fingerprint density at radius 3 is 2.35 bits per heavy atom. The number of carbonyl (C=O) groups excluding carboxylic acids is 2. The molecule has 0 saturated carbocycles. The number of halogens is 3. The first-order valence-electron chi connectivity index (χ1n) is 6.03. The number of hydrogen-bond acceptors (Lipinski definition) is 3. The monoisotopic (exact) mass is 286 g/mol. The molecule has 0 bridgehead atoms. The van der Waals surface area contributed by atoms with Crippen molar-refractivity contribution in [2.24, 2.45) is 0 Å². The predicted octanol–water partition coefficient (Wildman–Crippen LogP) is 2.42. The van der Waals surface area contributed by atoms with E-state index in [1.54, 1.807) is 11.9 Å². The van der Waals surface area contributed by atoms with Crippen LogP contribution in [0.15, 0.2) is 24.3 Å². The molecule has 1 aromatic rings. The lowest BCUT2D eigenvalue weighted by Crippen LogP contribution is -2.34. The van der Waals surface area contributed by atoms with Gasteiger partial charge in [0.05, 0.1) is 0 Å². The Hall–Kier alpha value is -2.05. The van der Waals surface area contributed by atoms with E-state index in [4.69, 9.17) is 0 Å². The van der Waals surface area contributed by atoms with Crippen molar-refractivity contribution < 1.29 is 22.8 Å². The van der Waals surface area contributed by atoms with Crippen LogP contribution in [0.3, 0.4) is 0 Å². The maximum absolute atomic E-state index is 12.2. The number of alkyl halides is 3. The van der Waals surface area contributed by atoms with Crippen LogP contribution in [0.25, 0.3) is 0 Å². The fourth-order valence-electron chi connectivity index (χ4n) is 2.05. The molecule has 7 heteroatoms. The second-order valence-corrected chi connectivity index (χ2v) is 4.61. The van der Waals surface area contributed by atoms with Crippen molar-refractivity contribution >= 4 is 17.4 Å². The van der Waals surface area contributed by atoms with Gasteiger partial charge < -0.3 is 10.2 Å². The van der Waals surface area contributed by atoms with Gasteiger partial charge in [-0.1, -0.05) is 0 Å². The van der Waals surface area contributed by atoms with E-state index in [9.17, 15) is 22.8 Å². The van der Waals surface area contributed by atoms with E-state index in [1.807, 2.05) is 0 Å². The molecule has 2 rings (SSSR count). The second-order valence-electron chi connectivity index (χ2n) is 4.61. The number of carbonyl (C=O) groups is 2. The highest BCUT2D eigenvalue weighted by molar-refractivity contribution is 6.00. The molecule has 0 radical (unpaired) electrons. The van der Waals surface area contributed by atoms with E-state index in [1.165, 1.54) is 12.1 Å². The predicted molar refractivity (Wildman–Crippen MR) is 66.2 cm³/mol. The van der Waals surface area contributed by atoms with E-state index < -0.39 is 17.5 Å². The Kier molecular flexibility index (Phi) is 3.69. The fraction of sp³-hybridized carbons (Fsp3) is 0.385. The van der Waals surface area contributed by atoms with Gasteiger partial charge in [-0.2, -0.15) is 13.2 Å². The Bertz CT molecular complexity index is 525. The minimum atomic E-state index is -4.87. The third kappa shape index (κ3) is 2.92. The zero-order valence-electron chi connectivity index (χ0n) is 10.7. The lowest BCUT2D eigenvalue weighted by atomic mass is 10.1. The molecule has 20 heavy (non-hydrogen) atoms. The largest absolute Gasteiger partial charge is 0.454 e. The normalized spacial score (nSPS) is 19.3. The van der Waals surface area contributed by atoms with Crippen molar-refractivity contribution in [2.45, 2.75) is 25.2 Å². The lowest BCUT2D eigenvalue weighted by Gasteiger charge is -2.22. The van der Waals surface area contributed by atoms with E-state index in [-0.39, 0.29) is 12.1 Å². The molecule has 1 N–H and O–H groups in total. The first kappa shape index (κ1) is 14.4. The molecule has 1 aliphatic heterocycles. The molecule has 1 saturated heterocycles.